The molecule has 0 saturated heterocycles. The molecule has 0 aliphatic rings. The van der Waals surface area contributed by atoms with Crippen LogP contribution in [0, 0.1) is 0 Å². The van der Waals surface area contributed by atoms with Crippen LogP contribution in [0.4, 0.5) is 8.78 Å². The molecule has 0 aliphatic carbocycles. The van der Waals surface area contributed by atoms with Crippen LogP contribution in [0.1, 0.15) is 15.9 Å². The largest absolute Gasteiger partial charge is 0.493 e. The molecule has 0 aromatic heterocycles. The van der Waals surface area contributed by atoms with Gasteiger partial charge in [-0.05, 0) is 47.4 Å². The lowest BCUT2D eigenvalue weighted by Gasteiger charge is -2.12. The maximum absolute atomic E-state index is 12.4. The predicted molar refractivity (Wildman–Crippen MR) is 108 cm³/mol. The molecule has 6 heteroatoms. The number of benzene rings is 3. The number of nitrogens with one attached hydrogen (secondary N) is 1. The van der Waals surface area contributed by atoms with E-state index in [9.17, 15) is 13.6 Å². The van der Waals surface area contributed by atoms with E-state index in [2.05, 4.69) is 10.1 Å². The Kier molecular flexibility index (Phi) is 6.79. The fraction of sp³-hybridized carbons (Fsp3) is 0.174. The first-order valence-corrected chi connectivity index (χ1v) is 9.12. The number of ether oxygens (including phenoxy) is 2. The highest BCUT2D eigenvalue weighted by Crippen LogP contribution is 2.29. The van der Waals surface area contributed by atoms with Gasteiger partial charge in [-0.3, -0.25) is 4.79 Å². The molecular formula is C23H21F2NO3. The molecule has 4 nitrogen and oxygen atoms in total. The van der Waals surface area contributed by atoms with Gasteiger partial charge in [0.1, 0.15) is 0 Å². The van der Waals surface area contributed by atoms with Crippen molar-refractivity contribution in [3.63, 3.8) is 0 Å². The van der Waals surface area contributed by atoms with Crippen molar-refractivity contribution >= 4 is 5.91 Å². The molecule has 3 aromatic rings. The summed E-state index contributed by atoms with van der Waals surface area (Å²) in [5.74, 6) is 0.0358. The zero-order valence-electron chi connectivity index (χ0n) is 15.9. The van der Waals surface area contributed by atoms with E-state index in [1.807, 2.05) is 42.5 Å². The molecular weight excluding hydrogens is 376 g/mol. The molecule has 0 saturated carbocycles. The molecule has 0 heterocycles. The van der Waals surface area contributed by atoms with Crippen molar-refractivity contribution < 1.29 is 23.0 Å². The van der Waals surface area contributed by atoms with Gasteiger partial charge >= 0.3 is 6.61 Å². The first kappa shape index (κ1) is 20.3. The zero-order chi connectivity index (χ0) is 20.6. The summed E-state index contributed by atoms with van der Waals surface area (Å²) in [5, 5.41) is 2.86. The Morgan fingerprint density at radius 2 is 1.62 bits per heavy atom. The molecule has 0 atom stereocenters. The summed E-state index contributed by atoms with van der Waals surface area (Å²) in [6.45, 7) is -2.51. The summed E-state index contributed by atoms with van der Waals surface area (Å²) in [7, 11) is 1.39. The van der Waals surface area contributed by atoms with Crippen LogP contribution in [0.25, 0.3) is 11.1 Å². The third-order valence-corrected chi connectivity index (χ3v) is 4.40. The minimum Gasteiger partial charge on any atom is -0.493 e. The molecule has 150 valence electrons. The van der Waals surface area contributed by atoms with Crippen molar-refractivity contribution in [1.29, 1.82) is 0 Å². The topological polar surface area (TPSA) is 47.6 Å². The Morgan fingerprint density at radius 3 is 2.28 bits per heavy atom. The van der Waals surface area contributed by atoms with Crippen LogP contribution in [0.2, 0.25) is 0 Å². The van der Waals surface area contributed by atoms with E-state index in [4.69, 9.17) is 4.74 Å². The molecule has 0 bridgehead atoms. The van der Waals surface area contributed by atoms with Crippen LogP contribution >= 0.6 is 0 Å². The highest BCUT2D eigenvalue weighted by molar-refractivity contribution is 5.94. The average Bonchev–Trinajstić information content (AvgIpc) is 2.75. The van der Waals surface area contributed by atoms with Crippen molar-refractivity contribution in [3.8, 4) is 22.6 Å². The van der Waals surface area contributed by atoms with E-state index in [1.54, 1.807) is 24.3 Å². The molecule has 0 aliphatic heterocycles. The first-order valence-electron chi connectivity index (χ1n) is 9.12. The quantitative estimate of drug-likeness (QED) is 0.586. The molecule has 0 spiro atoms. The summed E-state index contributed by atoms with van der Waals surface area (Å²) >= 11 is 0. The maximum Gasteiger partial charge on any atom is 0.387 e. The second-order valence-electron chi connectivity index (χ2n) is 6.31. The van der Waals surface area contributed by atoms with Crippen molar-refractivity contribution in [3.05, 3.63) is 83.9 Å². The number of halogens is 2. The van der Waals surface area contributed by atoms with Crippen molar-refractivity contribution in [2.45, 2.75) is 13.0 Å². The van der Waals surface area contributed by atoms with Gasteiger partial charge in [0.05, 0.1) is 7.11 Å². The zero-order valence-corrected chi connectivity index (χ0v) is 15.9. The summed E-state index contributed by atoms with van der Waals surface area (Å²) in [6.07, 6.45) is 0.527. The lowest BCUT2D eigenvalue weighted by Crippen LogP contribution is -2.25. The number of carbonyl (C=O) groups excluding carboxylic acids is 1. The van der Waals surface area contributed by atoms with Crippen LogP contribution in [0.3, 0.4) is 0 Å². The van der Waals surface area contributed by atoms with E-state index < -0.39 is 6.61 Å². The first-order chi connectivity index (χ1) is 14.1. The smallest absolute Gasteiger partial charge is 0.387 e. The Labute approximate surface area is 168 Å². The minimum absolute atomic E-state index is 0.0196. The fourth-order valence-electron chi connectivity index (χ4n) is 2.93. The second-order valence-corrected chi connectivity index (χ2v) is 6.31. The van der Waals surface area contributed by atoms with Gasteiger partial charge in [-0.25, -0.2) is 0 Å². The normalized spacial score (nSPS) is 10.6. The Morgan fingerprint density at radius 1 is 0.931 bits per heavy atom. The number of hydrogen-bond acceptors (Lipinski definition) is 3. The van der Waals surface area contributed by atoms with Crippen molar-refractivity contribution in [2.24, 2.45) is 0 Å². The third-order valence-electron chi connectivity index (χ3n) is 4.40. The van der Waals surface area contributed by atoms with Crippen molar-refractivity contribution in [1.82, 2.24) is 5.32 Å². The lowest BCUT2D eigenvalue weighted by molar-refractivity contribution is -0.0512. The van der Waals surface area contributed by atoms with Crippen LogP contribution in [-0.4, -0.2) is 26.2 Å². The highest BCUT2D eigenvalue weighted by Gasteiger charge is 2.11. The van der Waals surface area contributed by atoms with Gasteiger partial charge < -0.3 is 14.8 Å². The maximum atomic E-state index is 12.4. The Balaban J connectivity index is 1.56. The number of amides is 1. The van der Waals surface area contributed by atoms with Gasteiger partial charge in [0.25, 0.3) is 5.91 Å². The molecule has 3 rings (SSSR count). The van der Waals surface area contributed by atoms with Gasteiger partial charge in [-0.2, -0.15) is 8.78 Å². The minimum atomic E-state index is -2.91. The van der Waals surface area contributed by atoms with Gasteiger partial charge in [-0.15, -0.1) is 0 Å². The number of carbonyl (C=O) groups is 1. The van der Waals surface area contributed by atoms with Gasteiger partial charge in [0.2, 0.25) is 0 Å². The van der Waals surface area contributed by atoms with Crippen LogP contribution < -0.4 is 14.8 Å². The third kappa shape index (κ3) is 5.54. The predicted octanol–water partition coefficient (Wildman–Crippen LogP) is 4.94. The molecule has 29 heavy (non-hydrogen) atoms. The number of methoxy groups -OCH3 is 1. The number of hydrogen-bond donors (Lipinski definition) is 1. The number of rotatable bonds is 8. The molecule has 0 unspecified atom stereocenters. The van der Waals surface area contributed by atoms with E-state index in [-0.39, 0.29) is 17.4 Å². The summed E-state index contributed by atoms with van der Waals surface area (Å²) in [5.41, 5.74) is 3.54. The van der Waals surface area contributed by atoms with Crippen LogP contribution in [0.15, 0.2) is 72.8 Å². The van der Waals surface area contributed by atoms with Crippen molar-refractivity contribution in [2.75, 3.05) is 13.7 Å². The number of alkyl halides is 2. The lowest BCUT2D eigenvalue weighted by atomic mass is 10.0. The standard InChI is InChI=1S/C23H21F2NO3/c1-28-21-15-16(7-12-20(21)29-23(24)25)13-14-26-22(27)19-10-8-18(9-11-19)17-5-3-2-4-6-17/h2-12,15,23H,13-14H2,1H3,(H,26,27). The molecule has 1 N–H and O–H groups in total. The highest BCUT2D eigenvalue weighted by atomic mass is 19.3. The SMILES string of the molecule is COc1cc(CCNC(=O)c2ccc(-c3ccccc3)cc2)ccc1OC(F)F. The summed E-state index contributed by atoms with van der Waals surface area (Å²) < 4.78 is 34.3. The second kappa shape index (κ2) is 9.68. The van der Waals surface area contributed by atoms with Gasteiger partial charge in [0.15, 0.2) is 11.5 Å². The molecule has 0 fully saturated rings. The van der Waals surface area contributed by atoms with Crippen LogP contribution in [-0.2, 0) is 6.42 Å². The van der Waals surface area contributed by atoms with Gasteiger partial charge in [-0.1, -0.05) is 48.5 Å². The average molecular weight is 397 g/mol. The van der Waals surface area contributed by atoms with E-state index in [0.29, 0.717) is 18.5 Å². The van der Waals surface area contributed by atoms with E-state index in [1.165, 1.54) is 13.2 Å². The van der Waals surface area contributed by atoms with Crippen LogP contribution in [0.5, 0.6) is 11.5 Å². The van der Waals surface area contributed by atoms with E-state index in [0.717, 1.165) is 16.7 Å². The fourth-order valence-corrected chi connectivity index (χ4v) is 2.93. The monoisotopic (exact) mass is 397 g/mol. The molecule has 3 aromatic carbocycles. The Hall–Kier alpha value is -3.41. The summed E-state index contributed by atoms with van der Waals surface area (Å²) in [4.78, 5) is 12.3. The van der Waals surface area contributed by atoms with E-state index >= 15 is 0 Å². The van der Waals surface area contributed by atoms with Gasteiger partial charge in [0, 0.05) is 12.1 Å². The molecule has 1 amide bonds. The summed E-state index contributed by atoms with van der Waals surface area (Å²) in [6, 6.07) is 22.1. The Bertz CT molecular complexity index is 944. The molecule has 0 radical (unpaired) electrons.